The van der Waals surface area contributed by atoms with E-state index in [-0.39, 0.29) is 5.56 Å². The van der Waals surface area contributed by atoms with Crippen molar-refractivity contribution < 1.29 is 13.2 Å². The van der Waals surface area contributed by atoms with Crippen molar-refractivity contribution in [1.82, 2.24) is 10.3 Å². The number of alkyl halides is 3. The molecule has 106 valence electrons. The predicted molar refractivity (Wildman–Crippen MR) is 72.1 cm³/mol. The van der Waals surface area contributed by atoms with Crippen molar-refractivity contribution in [3.05, 3.63) is 53.9 Å². The molecule has 0 spiro atoms. The smallest absolute Gasteiger partial charge is 0.313 e. The van der Waals surface area contributed by atoms with Crippen LogP contribution in [0.4, 0.5) is 13.2 Å². The molecule has 2 nitrogen and oxygen atoms in total. The Balaban J connectivity index is 2.33. The summed E-state index contributed by atoms with van der Waals surface area (Å²) in [6.45, 7) is 3.55. The van der Waals surface area contributed by atoms with E-state index in [1.54, 1.807) is 12.1 Å². The third kappa shape index (κ3) is 3.36. The third-order valence-electron chi connectivity index (χ3n) is 2.97. The van der Waals surface area contributed by atoms with Crippen LogP contribution in [0.3, 0.4) is 0 Å². The van der Waals surface area contributed by atoms with Gasteiger partial charge in [-0.15, -0.1) is 0 Å². The molecular weight excluding hydrogens is 265 g/mol. The first kappa shape index (κ1) is 14.5. The minimum Gasteiger partial charge on any atom is -0.313 e. The maximum absolute atomic E-state index is 12.9. The van der Waals surface area contributed by atoms with Crippen molar-refractivity contribution in [3.8, 4) is 11.1 Å². The Morgan fingerprint density at radius 3 is 2.40 bits per heavy atom. The normalized spacial score (nSPS) is 11.6. The number of aromatic nitrogens is 1. The zero-order valence-electron chi connectivity index (χ0n) is 11.0. The molecule has 0 atom stereocenters. The van der Waals surface area contributed by atoms with E-state index in [0.717, 1.165) is 24.4 Å². The molecule has 2 rings (SSSR count). The fraction of sp³-hybridized carbons (Fsp3) is 0.267. The number of benzene rings is 1. The monoisotopic (exact) mass is 280 g/mol. The van der Waals surface area contributed by atoms with Gasteiger partial charge in [-0.3, -0.25) is 4.98 Å². The van der Waals surface area contributed by atoms with Gasteiger partial charge in [0, 0.05) is 24.5 Å². The molecule has 0 unspecified atom stereocenters. The summed E-state index contributed by atoms with van der Waals surface area (Å²) < 4.78 is 38.8. The maximum atomic E-state index is 12.9. The molecule has 5 heteroatoms. The first-order chi connectivity index (χ1) is 9.52. The van der Waals surface area contributed by atoms with E-state index in [1.807, 2.05) is 19.1 Å². The molecule has 0 amide bonds. The van der Waals surface area contributed by atoms with E-state index in [1.165, 1.54) is 6.20 Å². The molecule has 0 radical (unpaired) electrons. The molecule has 0 aliphatic heterocycles. The Hall–Kier alpha value is -1.88. The fourth-order valence-corrected chi connectivity index (χ4v) is 1.94. The van der Waals surface area contributed by atoms with Crippen LogP contribution in [0.1, 0.15) is 18.1 Å². The highest BCUT2D eigenvalue weighted by Gasteiger charge is 2.33. The molecule has 1 N–H and O–H groups in total. The number of pyridine rings is 1. The van der Waals surface area contributed by atoms with Gasteiger partial charge in [0.25, 0.3) is 0 Å². The SMILES string of the molecule is CCNCc1ccc(-c2cnccc2C(F)(F)F)cc1. The topological polar surface area (TPSA) is 24.9 Å². The zero-order chi connectivity index (χ0) is 14.6. The number of rotatable bonds is 4. The summed E-state index contributed by atoms with van der Waals surface area (Å²) in [7, 11) is 0. The molecule has 0 fully saturated rings. The summed E-state index contributed by atoms with van der Waals surface area (Å²) in [6, 6.07) is 8.04. The summed E-state index contributed by atoms with van der Waals surface area (Å²) in [5, 5.41) is 3.17. The van der Waals surface area contributed by atoms with Gasteiger partial charge in [-0.25, -0.2) is 0 Å². The Morgan fingerprint density at radius 2 is 1.80 bits per heavy atom. The molecule has 1 aromatic carbocycles. The number of halogens is 3. The van der Waals surface area contributed by atoms with Gasteiger partial charge in [-0.1, -0.05) is 31.2 Å². The van der Waals surface area contributed by atoms with Gasteiger partial charge in [-0.05, 0) is 23.7 Å². The standard InChI is InChI=1S/C15H15F3N2/c1-2-19-9-11-3-5-12(6-4-11)13-10-20-8-7-14(13)15(16,17)18/h3-8,10,19H,2,9H2,1H3. The van der Waals surface area contributed by atoms with Gasteiger partial charge >= 0.3 is 6.18 Å². The lowest BCUT2D eigenvalue weighted by molar-refractivity contribution is -0.137. The Morgan fingerprint density at radius 1 is 1.10 bits per heavy atom. The maximum Gasteiger partial charge on any atom is 0.417 e. The number of hydrogen-bond donors (Lipinski definition) is 1. The van der Waals surface area contributed by atoms with Crippen LogP contribution in [-0.4, -0.2) is 11.5 Å². The molecular formula is C15H15F3N2. The highest BCUT2D eigenvalue weighted by atomic mass is 19.4. The van der Waals surface area contributed by atoms with Crippen molar-refractivity contribution in [1.29, 1.82) is 0 Å². The number of nitrogens with zero attached hydrogens (tertiary/aromatic N) is 1. The molecule has 0 aliphatic carbocycles. The van der Waals surface area contributed by atoms with Gasteiger partial charge in [0.2, 0.25) is 0 Å². The minimum atomic E-state index is -4.37. The van der Waals surface area contributed by atoms with E-state index in [0.29, 0.717) is 12.1 Å². The molecule has 2 aromatic rings. The quantitative estimate of drug-likeness (QED) is 0.919. The highest BCUT2D eigenvalue weighted by Crippen LogP contribution is 2.36. The predicted octanol–water partition coefficient (Wildman–Crippen LogP) is 3.88. The van der Waals surface area contributed by atoms with Crippen LogP contribution in [0.2, 0.25) is 0 Å². The number of hydrogen-bond acceptors (Lipinski definition) is 2. The highest BCUT2D eigenvalue weighted by molar-refractivity contribution is 5.67. The molecule has 1 aromatic heterocycles. The van der Waals surface area contributed by atoms with Gasteiger partial charge in [0.1, 0.15) is 0 Å². The Labute approximate surface area is 115 Å². The Bertz CT molecular complexity index is 562. The second kappa shape index (κ2) is 6.05. The first-order valence-electron chi connectivity index (χ1n) is 6.33. The molecule has 0 saturated heterocycles. The largest absolute Gasteiger partial charge is 0.417 e. The fourth-order valence-electron chi connectivity index (χ4n) is 1.94. The van der Waals surface area contributed by atoms with Crippen LogP contribution in [-0.2, 0) is 12.7 Å². The lowest BCUT2D eigenvalue weighted by Crippen LogP contribution is -2.11. The average molecular weight is 280 g/mol. The van der Waals surface area contributed by atoms with E-state index in [2.05, 4.69) is 10.3 Å². The van der Waals surface area contributed by atoms with Crippen LogP contribution in [0.15, 0.2) is 42.7 Å². The van der Waals surface area contributed by atoms with E-state index in [9.17, 15) is 13.2 Å². The third-order valence-corrected chi connectivity index (χ3v) is 2.97. The van der Waals surface area contributed by atoms with Crippen molar-refractivity contribution in [2.24, 2.45) is 0 Å². The van der Waals surface area contributed by atoms with Crippen molar-refractivity contribution >= 4 is 0 Å². The molecule has 1 heterocycles. The summed E-state index contributed by atoms with van der Waals surface area (Å²) in [6.07, 6.45) is -1.96. The minimum absolute atomic E-state index is 0.106. The van der Waals surface area contributed by atoms with Crippen LogP contribution >= 0.6 is 0 Å². The second-order valence-corrected chi connectivity index (χ2v) is 4.40. The van der Waals surface area contributed by atoms with E-state index in [4.69, 9.17) is 0 Å². The molecule has 0 aliphatic rings. The van der Waals surface area contributed by atoms with Crippen LogP contribution < -0.4 is 5.32 Å². The van der Waals surface area contributed by atoms with Crippen molar-refractivity contribution in [2.45, 2.75) is 19.6 Å². The van der Waals surface area contributed by atoms with Crippen molar-refractivity contribution in [2.75, 3.05) is 6.54 Å². The van der Waals surface area contributed by atoms with Gasteiger partial charge in [0.05, 0.1) is 5.56 Å². The molecule has 0 bridgehead atoms. The van der Waals surface area contributed by atoms with Crippen molar-refractivity contribution in [3.63, 3.8) is 0 Å². The lowest BCUT2D eigenvalue weighted by atomic mass is 10.0. The lowest BCUT2D eigenvalue weighted by Gasteiger charge is -2.12. The van der Waals surface area contributed by atoms with Gasteiger partial charge in [-0.2, -0.15) is 13.2 Å². The Kier molecular flexibility index (Phi) is 4.39. The van der Waals surface area contributed by atoms with Crippen LogP contribution in [0, 0.1) is 0 Å². The van der Waals surface area contributed by atoms with Crippen LogP contribution in [0.25, 0.3) is 11.1 Å². The van der Waals surface area contributed by atoms with E-state index >= 15 is 0 Å². The van der Waals surface area contributed by atoms with E-state index < -0.39 is 11.7 Å². The summed E-state index contributed by atoms with van der Waals surface area (Å²) in [5.41, 5.74) is 1.00. The zero-order valence-corrected chi connectivity index (χ0v) is 11.0. The molecule has 0 saturated carbocycles. The number of nitrogens with one attached hydrogen (secondary N) is 1. The summed E-state index contributed by atoms with van der Waals surface area (Å²) in [5.74, 6) is 0. The first-order valence-corrected chi connectivity index (χ1v) is 6.33. The van der Waals surface area contributed by atoms with Gasteiger partial charge < -0.3 is 5.32 Å². The van der Waals surface area contributed by atoms with Crippen LogP contribution in [0.5, 0.6) is 0 Å². The summed E-state index contributed by atoms with van der Waals surface area (Å²) >= 11 is 0. The second-order valence-electron chi connectivity index (χ2n) is 4.40. The average Bonchev–Trinajstić information content (AvgIpc) is 2.45. The molecule has 20 heavy (non-hydrogen) atoms. The van der Waals surface area contributed by atoms with Gasteiger partial charge in [0.15, 0.2) is 0 Å². The summed E-state index contributed by atoms with van der Waals surface area (Å²) in [4.78, 5) is 3.79.